The summed E-state index contributed by atoms with van der Waals surface area (Å²) in [5.74, 6) is -0.782. The first kappa shape index (κ1) is 17.8. The molecule has 0 aliphatic heterocycles. The van der Waals surface area contributed by atoms with Crippen LogP contribution in [0.2, 0.25) is 0 Å². The van der Waals surface area contributed by atoms with E-state index in [0.29, 0.717) is 0 Å². The van der Waals surface area contributed by atoms with Gasteiger partial charge < -0.3 is 20.9 Å². The first-order valence-electron chi connectivity index (χ1n) is 5.08. The van der Waals surface area contributed by atoms with Crippen LogP contribution in [0.15, 0.2) is 12.3 Å². The summed E-state index contributed by atoms with van der Waals surface area (Å²) in [5.41, 5.74) is 9.60. The second-order valence-corrected chi connectivity index (χ2v) is 4.20. The Morgan fingerprint density at radius 3 is 1.94 bits per heavy atom. The predicted octanol–water partition coefficient (Wildman–Crippen LogP) is 0.307. The Labute approximate surface area is 102 Å². The number of methoxy groups -OCH3 is 1. The van der Waals surface area contributed by atoms with Crippen LogP contribution in [0.4, 0.5) is 0 Å². The fourth-order valence-corrected chi connectivity index (χ4v) is 0.600. The summed E-state index contributed by atoms with van der Waals surface area (Å²) in [7, 11) is 1.31. The minimum absolute atomic E-state index is 0.375. The predicted molar refractivity (Wildman–Crippen MR) is 64.8 cm³/mol. The van der Waals surface area contributed by atoms with Crippen LogP contribution in [-0.2, 0) is 19.1 Å². The van der Waals surface area contributed by atoms with Gasteiger partial charge in [-0.2, -0.15) is 0 Å². The van der Waals surface area contributed by atoms with Crippen molar-refractivity contribution in [1.82, 2.24) is 0 Å². The van der Waals surface area contributed by atoms with Gasteiger partial charge in [-0.3, -0.25) is 4.79 Å². The smallest absolute Gasteiger partial charge is 0.332 e. The van der Waals surface area contributed by atoms with Gasteiger partial charge in [-0.25, -0.2) is 4.79 Å². The second kappa shape index (κ2) is 8.58. The number of ether oxygens (including phenoxy) is 2. The van der Waals surface area contributed by atoms with Crippen LogP contribution in [0.3, 0.4) is 0 Å². The molecule has 0 bridgehead atoms. The molecule has 6 heteroatoms. The third kappa shape index (κ3) is 14.4. The Morgan fingerprint density at radius 2 is 1.76 bits per heavy atom. The second-order valence-electron chi connectivity index (χ2n) is 4.20. The molecule has 0 saturated carbocycles. The minimum Gasteiger partial charge on any atom is -0.468 e. The molecule has 17 heavy (non-hydrogen) atoms. The molecule has 0 rings (SSSR count). The molecule has 0 aromatic rings. The number of esters is 2. The molecule has 4 N–H and O–H groups in total. The normalized spacial score (nSPS) is 12.4. The molecule has 0 radical (unpaired) electrons. The zero-order valence-electron chi connectivity index (χ0n) is 11.0. The standard InChI is InChI=1S/C7H13NO2.C4H9NO2/c1-7(2,3)10-6(9)4-5-8;1-3(5)4(6)7-2/h4-5H,8H2,1-3H3;3H,5H2,1-2H3/t;3-/m.1/s1. The highest BCUT2D eigenvalue weighted by molar-refractivity contribution is 5.82. The van der Waals surface area contributed by atoms with E-state index in [1.54, 1.807) is 27.7 Å². The zero-order valence-corrected chi connectivity index (χ0v) is 11.0. The molecule has 0 amide bonds. The van der Waals surface area contributed by atoms with Crippen molar-refractivity contribution in [2.45, 2.75) is 39.3 Å². The van der Waals surface area contributed by atoms with Crippen molar-refractivity contribution >= 4 is 11.9 Å². The Balaban J connectivity index is 0. The Bertz CT molecular complexity index is 267. The van der Waals surface area contributed by atoms with Crippen molar-refractivity contribution in [2.24, 2.45) is 11.5 Å². The maximum atomic E-state index is 10.7. The van der Waals surface area contributed by atoms with Crippen molar-refractivity contribution in [1.29, 1.82) is 0 Å². The van der Waals surface area contributed by atoms with Gasteiger partial charge in [0.1, 0.15) is 11.6 Å². The van der Waals surface area contributed by atoms with E-state index >= 15 is 0 Å². The third-order valence-electron chi connectivity index (χ3n) is 1.21. The Kier molecular flexibility index (Phi) is 8.99. The van der Waals surface area contributed by atoms with Crippen LogP contribution in [0.5, 0.6) is 0 Å². The van der Waals surface area contributed by atoms with Crippen molar-refractivity contribution in [3.05, 3.63) is 12.3 Å². The Hall–Kier alpha value is -1.56. The molecule has 0 fully saturated rings. The fourth-order valence-electron chi connectivity index (χ4n) is 0.600. The highest BCUT2D eigenvalue weighted by atomic mass is 16.6. The lowest BCUT2D eigenvalue weighted by Gasteiger charge is -2.17. The molecule has 100 valence electrons. The molecule has 6 nitrogen and oxygen atoms in total. The van der Waals surface area contributed by atoms with Crippen molar-refractivity contribution in [3.63, 3.8) is 0 Å². The summed E-state index contributed by atoms with van der Waals surface area (Å²) in [4.78, 5) is 20.8. The first-order valence-corrected chi connectivity index (χ1v) is 5.08. The molecule has 0 spiro atoms. The highest BCUT2D eigenvalue weighted by Crippen LogP contribution is 2.06. The maximum absolute atomic E-state index is 10.7. The largest absolute Gasteiger partial charge is 0.468 e. The molecule has 0 saturated heterocycles. The average Bonchev–Trinajstić information content (AvgIpc) is 2.14. The van der Waals surface area contributed by atoms with Gasteiger partial charge in [-0.05, 0) is 27.7 Å². The van der Waals surface area contributed by atoms with Gasteiger partial charge in [0.2, 0.25) is 0 Å². The quantitative estimate of drug-likeness (QED) is 0.536. The van der Waals surface area contributed by atoms with Crippen LogP contribution >= 0.6 is 0 Å². The first-order chi connectivity index (χ1) is 7.64. The molecule has 0 aromatic carbocycles. The third-order valence-corrected chi connectivity index (χ3v) is 1.21. The number of carbonyl (C=O) groups is 2. The number of rotatable bonds is 2. The molecule has 0 unspecified atom stereocenters. The molecule has 0 aromatic heterocycles. The van der Waals surface area contributed by atoms with Crippen LogP contribution in [0.25, 0.3) is 0 Å². The number of nitrogens with two attached hydrogens (primary N) is 2. The van der Waals surface area contributed by atoms with E-state index in [1.807, 2.05) is 0 Å². The van der Waals surface area contributed by atoms with Gasteiger partial charge in [0.05, 0.1) is 7.11 Å². The topological polar surface area (TPSA) is 105 Å². The van der Waals surface area contributed by atoms with Crippen molar-refractivity contribution in [3.8, 4) is 0 Å². The summed E-state index contributed by atoms with van der Waals surface area (Å²) in [6, 6.07) is -0.495. The van der Waals surface area contributed by atoms with Gasteiger partial charge in [0, 0.05) is 12.3 Å². The molecular formula is C11H22N2O4. The number of carbonyl (C=O) groups excluding carboxylic acids is 2. The van der Waals surface area contributed by atoms with Crippen molar-refractivity contribution in [2.75, 3.05) is 7.11 Å². The van der Waals surface area contributed by atoms with Gasteiger partial charge in [0.25, 0.3) is 0 Å². The summed E-state index contributed by atoms with van der Waals surface area (Å²) in [5, 5.41) is 0. The van der Waals surface area contributed by atoms with Crippen LogP contribution in [-0.4, -0.2) is 30.7 Å². The highest BCUT2D eigenvalue weighted by Gasteiger charge is 2.13. The van der Waals surface area contributed by atoms with E-state index in [2.05, 4.69) is 4.74 Å². The van der Waals surface area contributed by atoms with Crippen molar-refractivity contribution < 1.29 is 19.1 Å². The number of hydrogen-bond donors (Lipinski definition) is 2. The SMILES string of the molecule is CC(C)(C)OC(=O)C=CN.COC(=O)[C@@H](C)N. The fraction of sp³-hybridized carbons (Fsp3) is 0.636. The van der Waals surface area contributed by atoms with E-state index in [4.69, 9.17) is 16.2 Å². The van der Waals surface area contributed by atoms with Crippen LogP contribution in [0, 0.1) is 0 Å². The number of hydrogen-bond acceptors (Lipinski definition) is 6. The maximum Gasteiger partial charge on any atom is 0.332 e. The molecule has 0 aliphatic rings. The average molecular weight is 246 g/mol. The summed E-state index contributed by atoms with van der Waals surface area (Å²) in [6.45, 7) is 6.98. The van der Waals surface area contributed by atoms with E-state index in [-0.39, 0.29) is 5.97 Å². The van der Waals surface area contributed by atoms with Crippen LogP contribution < -0.4 is 11.5 Å². The van der Waals surface area contributed by atoms with E-state index < -0.39 is 17.6 Å². The zero-order chi connectivity index (χ0) is 14.1. The van der Waals surface area contributed by atoms with Gasteiger partial charge in [0.15, 0.2) is 0 Å². The van der Waals surface area contributed by atoms with E-state index in [9.17, 15) is 9.59 Å². The molecule has 1 atom stereocenters. The monoisotopic (exact) mass is 246 g/mol. The molecular weight excluding hydrogens is 224 g/mol. The van der Waals surface area contributed by atoms with Gasteiger partial charge in [-0.1, -0.05) is 0 Å². The van der Waals surface area contributed by atoms with Gasteiger partial charge in [-0.15, -0.1) is 0 Å². The van der Waals surface area contributed by atoms with E-state index in [1.165, 1.54) is 13.2 Å². The lowest BCUT2D eigenvalue weighted by molar-refractivity contribution is -0.148. The lowest BCUT2D eigenvalue weighted by Crippen LogP contribution is -2.27. The molecule has 0 heterocycles. The van der Waals surface area contributed by atoms with Crippen LogP contribution in [0.1, 0.15) is 27.7 Å². The van der Waals surface area contributed by atoms with E-state index in [0.717, 1.165) is 6.20 Å². The lowest BCUT2D eigenvalue weighted by atomic mass is 10.2. The minimum atomic E-state index is -0.495. The molecule has 0 aliphatic carbocycles. The Morgan fingerprint density at radius 1 is 1.29 bits per heavy atom. The summed E-state index contributed by atoms with van der Waals surface area (Å²) in [6.07, 6.45) is 2.35. The van der Waals surface area contributed by atoms with Gasteiger partial charge >= 0.3 is 11.9 Å². The summed E-state index contributed by atoms with van der Waals surface area (Å²) < 4.78 is 9.12. The summed E-state index contributed by atoms with van der Waals surface area (Å²) >= 11 is 0.